The first-order valence-corrected chi connectivity index (χ1v) is 12.4. The van der Waals surface area contributed by atoms with Gasteiger partial charge in [-0.2, -0.15) is 8.78 Å². The molecule has 1 aromatic carbocycles. The van der Waals surface area contributed by atoms with Crippen molar-refractivity contribution in [1.29, 1.82) is 0 Å². The van der Waals surface area contributed by atoms with E-state index >= 15 is 0 Å². The smallest absolute Gasteiger partial charge is 0.312 e. The van der Waals surface area contributed by atoms with E-state index < -0.39 is 59.5 Å². The van der Waals surface area contributed by atoms with Gasteiger partial charge in [0.25, 0.3) is 0 Å². The first-order chi connectivity index (χ1) is 17.6. The van der Waals surface area contributed by atoms with E-state index in [0.717, 1.165) is 12.1 Å². The fraction of sp³-hybridized carbons (Fsp3) is 0.417. The number of benzene rings is 1. The Bertz CT molecular complexity index is 1320. The van der Waals surface area contributed by atoms with Crippen LogP contribution in [-0.2, 0) is 15.5 Å². The van der Waals surface area contributed by atoms with Crippen LogP contribution in [0.3, 0.4) is 0 Å². The summed E-state index contributed by atoms with van der Waals surface area (Å²) < 4.78 is 68.5. The van der Waals surface area contributed by atoms with Crippen molar-refractivity contribution in [1.82, 2.24) is 10.3 Å². The summed E-state index contributed by atoms with van der Waals surface area (Å²) in [5.41, 5.74) is -2.27. The first-order valence-electron chi connectivity index (χ1n) is 11.3. The molecule has 2 heterocycles. The van der Waals surface area contributed by atoms with Crippen LogP contribution in [0.25, 0.3) is 11.5 Å². The molecule has 1 amide bonds. The number of anilines is 1. The summed E-state index contributed by atoms with van der Waals surface area (Å²) in [6.07, 6.45) is -0.985. The fourth-order valence-corrected chi connectivity index (χ4v) is 4.08. The van der Waals surface area contributed by atoms with Crippen molar-refractivity contribution in [2.24, 2.45) is 5.41 Å². The Morgan fingerprint density at radius 3 is 2.45 bits per heavy atom. The van der Waals surface area contributed by atoms with Crippen molar-refractivity contribution in [2.45, 2.75) is 57.8 Å². The lowest BCUT2D eigenvalue weighted by atomic mass is 9.86. The third-order valence-electron chi connectivity index (χ3n) is 5.76. The lowest BCUT2D eigenvalue weighted by Crippen LogP contribution is -2.30. The van der Waals surface area contributed by atoms with Gasteiger partial charge in [0.15, 0.2) is 11.5 Å². The van der Waals surface area contributed by atoms with Crippen molar-refractivity contribution in [3.8, 4) is 11.5 Å². The Kier molecular flexibility index (Phi) is 8.88. The predicted molar refractivity (Wildman–Crippen MR) is 133 cm³/mol. The number of hydrogen-bond donors (Lipinski definition) is 2. The number of halogens is 5. The first kappa shape index (κ1) is 29.6. The van der Waals surface area contributed by atoms with Crippen molar-refractivity contribution in [2.75, 3.05) is 5.32 Å². The van der Waals surface area contributed by atoms with E-state index in [1.165, 1.54) is 32.9 Å². The maximum absolute atomic E-state index is 14.8. The largest absolute Gasteiger partial charge is 0.481 e. The topological polar surface area (TPSA) is 118 Å². The molecule has 0 aliphatic carbocycles. The van der Waals surface area contributed by atoms with Crippen LogP contribution in [0.4, 0.5) is 23.2 Å². The molecule has 3 aromatic rings. The van der Waals surface area contributed by atoms with E-state index in [-0.39, 0.29) is 39.8 Å². The number of amides is 1. The Morgan fingerprint density at radius 1 is 1.18 bits per heavy atom. The Hall–Kier alpha value is -2.98. The standard InChI is InChI=1S/C24H25ClF4N3O5P/c1-23(2,3)24(28,29)16-10-15(31-36-16)21-19(22(27)38)20(32-37-21)11(4-7-18(34)35)8-17(33)30-14-6-5-12(25)9-13(14)26/h5-6,9-11,22H,4,7-8,38H2,1-3H3,(H,30,33)(H,34,35)/t11-,22?/m0/s1. The number of alkyl halides is 3. The van der Waals surface area contributed by atoms with Gasteiger partial charge in [0.05, 0.1) is 16.9 Å². The zero-order valence-corrected chi connectivity index (χ0v) is 22.4. The quantitative estimate of drug-likeness (QED) is 0.195. The van der Waals surface area contributed by atoms with Crippen LogP contribution < -0.4 is 5.32 Å². The van der Waals surface area contributed by atoms with E-state index in [2.05, 4.69) is 15.6 Å². The average molecular weight is 578 g/mol. The highest BCUT2D eigenvalue weighted by atomic mass is 35.5. The second kappa shape index (κ2) is 11.4. The fourth-order valence-electron chi connectivity index (χ4n) is 3.60. The van der Waals surface area contributed by atoms with E-state index in [1.807, 2.05) is 9.24 Å². The second-order valence-corrected chi connectivity index (χ2v) is 10.6. The van der Waals surface area contributed by atoms with Crippen molar-refractivity contribution >= 4 is 38.4 Å². The van der Waals surface area contributed by atoms with Gasteiger partial charge >= 0.3 is 11.9 Å². The Morgan fingerprint density at radius 2 is 1.87 bits per heavy atom. The zero-order valence-electron chi connectivity index (χ0n) is 20.5. The van der Waals surface area contributed by atoms with Crippen molar-refractivity contribution in [3.63, 3.8) is 0 Å². The second-order valence-electron chi connectivity index (χ2n) is 9.62. The van der Waals surface area contributed by atoms with Gasteiger partial charge in [0, 0.05) is 35.3 Å². The lowest BCUT2D eigenvalue weighted by molar-refractivity contribution is -0.137. The molecular weight excluding hydrogens is 553 g/mol. The molecule has 0 aliphatic rings. The van der Waals surface area contributed by atoms with Crippen molar-refractivity contribution < 1.29 is 41.3 Å². The molecule has 206 valence electrons. The molecule has 8 nitrogen and oxygen atoms in total. The summed E-state index contributed by atoms with van der Waals surface area (Å²) in [5, 5.41) is 19.1. The van der Waals surface area contributed by atoms with E-state index in [9.17, 15) is 27.2 Å². The predicted octanol–water partition coefficient (Wildman–Crippen LogP) is 7.08. The summed E-state index contributed by atoms with van der Waals surface area (Å²) in [5.74, 6) is -10.0. The van der Waals surface area contributed by atoms with Gasteiger partial charge in [-0.25, -0.2) is 8.78 Å². The van der Waals surface area contributed by atoms with Gasteiger partial charge in [-0.3, -0.25) is 9.59 Å². The minimum Gasteiger partial charge on any atom is -0.481 e. The Balaban J connectivity index is 1.96. The number of hydrogen-bond acceptors (Lipinski definition) is 6. The zero-order chi connectivity index (χ0) is 28.4. The molecule has 0 fully saturated rings. The number of aromatic nitrogens is 2. The van der Waals surface area contributed by atoms with Gasteiger partial charge in [-0.05, 0) is 24.6 Å². The number of aliphatic carboxylic acids is 1. The minimum atomic E-state index is -3.42. The molecule has 2 unspecified atom stereocenters. The molecule has 14 heteroatoms. The molecule has 0 saturated heterocycles. The molecule has 38 heavy (non-hydrogen) atoms. The van der Waals surface area contributed by atoms with Crippen LogP contribution in [0.2, 0.25) is 5.02 Å². The van der Waals surface area contributed by atoms with E-state index in [4.69, 9.17) is 25.8 Å². The molecule has 0 aliphatic heterocycles. The number of carbonyl (C=O) groups is 2. The molecule has 2 N–H and O–H groups in total. The van der Waals surface area contributed by atoms with Crippen molar-refractivity contribution in [3.05, 3.63) is 52.1 Å². The molecule has 0 spiro atoms. The normalized spacial score (nSPS) is 13.8. The highest BCUT2D eigenvalue weighted by Gasteiger charge is 2.48. The minimum absolute atomic E-state index is 0.109. The van der Waals surface area contributed by atoms with Gasteiger partial charge in [-0.15, -0.1) is 0 Å². The number of carboxylic acids is 1. The van der Waals surface area contributed by atoms with E-state index in [1.54, 1.807) is 0 Å². The summed E-state index contributed by atoms with van der Waals surface area (Å²) in [7, 11) is 1.87. The van der Waals surface area contributed by atoms with Gasteiger partial charge < -0.3 is 19.5 Å². The van der Waals surface area contributed by atoms with E-state index in [0.29, 0.717) is 0 Å². The van der Waals surface area contributed by atoms with Gasteiger partial charge in [0.1, 0.15) is 11.7 Å². The van der Waals surface area contributed by atoms with Crippen LogP contribution in [0.15, 0.2) is 33.3 Å². The molecule has 3 rings (SSSR count). The summed E-state index contributed by atoms with van der Waals surface area (Å²) in [4.78, 5) is 24.0. The van der Waals surface area contributed by atoms with Crippen LogP contribution in [0, 0.1) is 11.2 Å². The maximum atomic E-state index is 14.8. The van der Waals surface area contributed by atoms with Crippen LogP contribution in [0.1, 0.15) is 68.9 Å². The SMILES string of the molecule is CC(C)(C)C(F)(F)c1cc(-c2onc([C@@H](CCC(=O)O)CC(=O)Nc3ccc(Cl)cc3F)c2C(F)P)no1. The summed E-state index contributed by atoms with van der Waals surface area (Å²) in [6, 6.07) is 4.52. The van der Waals surface area contributed by atoms with Crippen LogP contribution >= 0.6 is 20.8 Å². The molecule has 0 saturated carbocycles. The lowest BCUT2D eigenvalue weighted by Gasteiger charge is -2.27. The summed E-state index contributed by atoms with van der Waals surface area (Å²) in [6.45, 7) is 3.92. The number of nitrogens with one attached hydrogen (secondary N) is 1. The maximum Gasteiger partial charge on any atom is 0.312 e. The third-order valence-corrected chi connectivity index (χ3v) is 6.32. The van der Waals surface area contributed by atoms with Gasteiger partial charge in [-0.1, -0.05) is 51.9 Å². The number of nitrogens with zero attached hydrogens (tertiary/aromatic N) is 2. The highest BCUT2D eigenvalue weighted by molar-refractivity contribution is 7.16. The molecule has 0 bridgehead atoms. The highest BCUT2D eigenvalue weighted by Crippen LogP contribution is 2.46. The molecule has 0 radical (unpaired) electrons. The van der Waals surface area contributed by atoms with Gasteiger partial charge in [0.2, 0.25) is 11.7 Å². The monoisotopic (exact) mass is 577 g/mol. The molecule has 3 atom stereocenters. The molecule has 2 aromatic heterocycles. The average Bonchev–Trinajstić information content (AvgIpc) is 3.45. The third kappa shape index (κ3) is 6.53. The summed E-state index contributed by atoms with van der Waals surface area (Å²) >= 11 is 5.72. The van der Waals surface area contributed by atoms with Crippen LogP contribution in [-0.4, -0.2) is 27.3 Å². The number of carbonyl (C=O) groups excluding carboxylic acids is 1. The number of carboxylic acid groups (broad SMARTS) is 1. The van der Waals surface area contributed by atoms with Crippen LogP contribution in [0.5, 0.6) is 0 Å². The Labute approximate surface area is 222 Å². The molecular formula is C24H25ClF4N3O5P. The number of rotatable bonds is 10.